The van der Waals surface area contributed by atoms with E-state index < -0.39 is 36.6 Å². The highest BCUT2D eigenvalue weighted by molar-refractivity contribution is 7.16. The molecule has 1 aromatic heterocycles. The Hall–Kier alpha value is -1.28. The minimum atomic E-state index is -4.24. The van der Waals surface area contributed by atoms with Gasteiger partial charge in [-0.3, -0.25) is 9.59 Å². The molecule has 140 valence electrons. The summed E-state index contributed by atoms with van der Waals surface area (Å²) >= 11 is 7.15. The van der Waals surface area contributed by atoms with Gasteiger partial charge in [0.05, 0.1) is 16.7 Å². The molecule has 1 aliphatic rings. The van der Waals surface area contributed by atoms with Gasteiger partial charge in [0.25, 0.3) is 5.91 Å². The van der Waals surface area contributed by atoms with Crippen molar-refractivity contribution in [1.82, 2.24) is 5.32 Å². The van der Waals surface area contributed by atoms with Crippen molar-refractivity contribution < 1.29 is 27.5 Å². The Kier molecular flexibility index (Phi) is 7.13. The first-order valence-corrected chi connectivity index (χ1v) is 9.19. The molecule has 0 aromatic carbocycles. The number of hydrogen-bond donors (Lipinski definition) is 1. The van der Waals surface area contributed by atoms with E-state index in [2.05, 4.69) is 5.32 Å². The first kappa shape index (κ1) is 20.0. The number of halogens is 4. The molecule has 0 spiro atoms. The van der Waals surface area contributed by atoms with Gasteiger partial charge in [-0.1, -0.05) is 18.0 Å². The number of nitrogens with one attached hydrogen (secondary N) is 1. The topological polar surface area (TPSA) is 55.4 Å². The number of amides is 1. The molecule has 1 amide bonds. The lowest BCUT2D eigenvalue weighted by atomic mass is 9.85. The van der Waals surface area contributed by atoms with Crippen molar-refractivity contribution in [3.8, 4) is 0 Å². The number of carbonyl (C=O) groups excluding carboxylic acids is 2. The van der Waals surface area contributed by atoms with E-state index in [-0.39, 0.29) is 19.3 Å². The summed E-state index contributed by atoms with van der Waals surface area (Å²) in [5.41, 5.74) is 0. The van der Waals surface area contributed by atoms with Gasteiger partial charge in [-0.05, 0) is 37.8 Å². The Morgan fingerprint density at radius 3 is 2.72 bits per heavy atom. The Morgan fingerprint density at radius 2 is 2.08 bits per heavy atom. The maximum absolute atomic E-state index is 12.7. The normalized spacial score (nSPS) is 21.0. The van der Waals surface area contributed by atoms with Crippen molar-refractivity contribution in [1.29, 1.82) is 0 Å². The molecule has 4 nitrogen and oxygen atoms in total. The van der Waals surface area contributed by atoms with Gasteiger partial charge in [-0.2, -0.15) is 13.2 Å². The summed E-state index contributed by atoms with van der Waals surface area (Å²) in [5, 5.41) is 2.52. The van der Waals surface area contributed by atoms with Crippen LogP contribution in [-0.2, 0) is 20.7 Å². The molecule has 0 saturated heterocycles. The van der Waals surface area contributed by atoms with Crippen molar-refractivity contribution in [2.75, 3.05) is 6.61 Å². The molecule has 0 radical (unpaired) electrons. The van der Waals surface area contributed by atoms with Crippen LogP contribution < -0.4 is 5.32 Å². The molecule has 2 atom stereocenters. The lowest BCUT2D eigenvalue weighted by Crippen LogP contribution is -2.43. The number of alkyl halides is 3. The van der Waals surface area contributed by atoms with Gasteiger partial charge in [-0.15, -0.1) is 11.3 Å². The summed E-state index contributed by atoms with van der Waals surface area (Å²) in [4.78, 5) is 24.3. The highest BCUT2D eigenvalue weighted by Crippen LogP contribution is 2.37. The highest BCUT2D eigenvalue weighted by Gasteiger charge is 2.42. The summed E-state index contributed by atoms with van der Waals surface area (Å²) in [7, 11) is 0. The molecule has 9 heteroatoms. The molecule has 0 unspecified atom stereocenters. The fourth-order valence-electron chi connectivity index (χ4n) is 2.82. The van der Waals surface area contributed by atoms with Crippen LogP contribution in [0.4, 0.5) is 13.2 Å². The van der Waals surface area contributed by atoms with Crippen LogP contribution in [0.15, 0.2) is 12.1 Å². The first-order valence-electron chi connectivity index (χ1n) is 8.00. The van der Waals surface area contributed by atoms with Gasteiger partial charge >= 0.3 is 12.1 Å². The average Bonchev–Trinajstić information content (AvgIpc) is 2.96. The van der Waals surface area contributed by atoms with Crippen LogP contribution in [0.2, 0.25) is 4.34 Å². The molecule has 1 heterocycles. The standard InChI is InChI=1S/C16H19ClF3NO3S/c17-13-6-4-12(25-13)5-7-15(23)24-9-14(22)21-11-3-1-2-10(8-11)16(18,19)20/h4,6,10-11H,1-3,5,7-9H2,(H,21,22)/t10-,11-/m0/s1. The summed E-state index contributed by atoms with van der Waals surface area (Å²) < 4.78 is 43.7. The van der Waals surface area contributed by atoms with Crippen LogP contribution in [0, 0.1) is 5.92 Å². The largest absolute Gasteiger partial charge is 0.456 e. The zero-order chi connectivity index (χ0) is 18.4. The van der Waals surface area contributed by atoms with Crippen molar-refractivity contribution in [3.05, 3.63) is 21.3 Å². The monoisotopic (exact) mass is 397 g/mol. The van der Waals surface area contributed by atoms with Crippen LogP contribution in [0.3, 0.4) is 0 Å². The number of rotatable bonds is 6. The lowest BCUT2D eigenvalue weighted by molar-refractivity contribution is -0.184. The number of esters is 1. The van der Waals surface area contributed by atoms with Gasteiger partial charge < -0.3 is 10.1 Å². The van der Waals surface area contributed by atoms with Crippen LogP contribution >= 0.6 is 22.9 Å². The Bertz CT molecular complexity index is 606. The highest BCUT2D eigenvalue weighted by atomic mass is 35.5. The van der Waals surface area contributed by atoms with Crippen molar-refractivity contribution in [2.45, 2.75) is 50.7 Å². The SMILES string of the molecule is O=C(COC(=O)CCc1ccc(Cl)s1)N[C@H]1CCC[C@H](C(F)(F)F)C1. The molecule has 1 aliphatic carbocycles. The van der Waals surface area contributed by atoms with Gasteiger partial charge in [0.1, 0.15) is 0 Å². The minimum absolute atomic E-state index is 0.0948. The molecule has 0 aliphatic heterocycles. The van der Waals surface area contributed by atoms with E-state index in [1.807, 2.05) is 6.07 Å². The zero-order valence-corrected chi connectivity index (χ0v) is 15.0. The Labute approximate surface area is 152 Å². The molecule has 25 heavy (non-hydrogen) atoms. The molecule has 1 aromatic rings. The van der Waals surface area contributed by atoms with Gasteiger partial charge in [-0.25, -0.2) is 0 Å². The van der Waals surface area contributed by atoms with Gasteiger partial charge in [0, 0.05) is 10.9 Å². The Morgan fingerprint density at radius 1 is 1.32 bits per heavy atom. The van der Waals surface area contributed by atoms with Gasteiger partial charge in [0.15, 0.2) is 6.61 Å². The fraction of sp³-hybridized carbons (Fsp3) is 0.625. The van der Waals surface area contributed by atoms with Crippen LogP contribution in [0.25, 0.3) is 0 Å². The Balaban J connectivity index is 1.67. The van der Waals surface area contributed by atoms with E-state index in [1.54, 1.807) is 6.07 Å². The summed E-state index contributed by atoms with van der Waals surface area (Å²) in [6.07, 6.45) is -2.76. The van der Waals surface area contributed by atoms with E-state index in [9.17, 15) is 22.8 Å². The molecular weight excluding hydrogens is 379 g/mol. The summed E-state index contributed by atoms with van der Waals surface area (Å²) in [5.74, 6) is -2.48. The van der Waals surface area contributed by atoms with E-state index >= 15 is 0 Å². The first-order chi connectivity index (χ1) is 11.7. The average molecular weight is 398 g/mol. The molecule has 0 bridgehead atoms. The predicted molar refractivity (Wildman–Crippen MR) is 88.6 cm³/mol. The summed E-state index contributed by atoms with van der Waals surface area (Å²) in [6.45, 7) is -0.475. The molecular formula is C16H19ClF3NO3S. The third-order valence-corrected chi connectivity index (χ3v) is 5.36. The van der Waals surface area contributed by atoms with E-state index in [4.69, 9.17) is 16.3 Å². The lowest BCUT2D eigenvalue weighted by Gasteiger charge is -2.30. The van der Waals surface area contributed by atoms with E-state index in [0.29, 0.717) is 23.6 Å². The second kappa shape index (κ2) is 8.89. The second-order valence-electron chi connectivity index (χ2n) is 6.04. The number of aryl methyl sites for hydroxylation is 1. The second-order valence-corrected chi connectivity index (χ2v) is 7.84. The van der Waals surface area contributed by atoms with Crippen LogP contribution in [-0.4, -0.2) is 30.7 Å². The van der Waals surface area contributed by atoms with Crippen molar-refractivity contribution >= 4 is 34.8 Å². The maximum atomic E-state index is 12.7. The quantitative estimate of drug-likeness (QED) is 0.735. The third kappa shape index (κ3) is 6.86. The fourth-order valence-corrected chi connectivity index (χ4v) is 3.90. The number of hydrogen-bond acceptors (Lipinski definition) is 4. The molecule has 1 N–H and O–H groups in total. The maximum Gasteiger partial charge on any atom is 0.391 e. The molecule has 1 saturated carbocycles. The third-order valence-electron chi connectivity index (χ3n) is 4.07. The van der Waals surface area contributed by atoms with E-state index in [1.165, 1.54) is 11.3 Å². The van der Waals surface area contributed by atoms with Crippen LogP contribution in [0.5, 0.6) is 0 Å². The van der Waals surface area contributed by atoms with Crippen molar-refractivity contribution in [3.63, 3.8) is 0 Å². The summed E-state index contributed by atoms with van der Waals surface area (Å²) in [6, 6.07) is 3.02. The number of thiophene rings is 1. The van der Waals surface area contributed by atoms with Crippen molar-refractivity contribution in [2.24, 2.45) is 5.92 Å². The zero-order valence-electron chi connectivity index (χ0n) is 13.4. The number of ether oxygens (including phenoxy) is 1. The van der Waals surface area contributed by atoms with Crippen LogP contribution in [0.1, 0.15) is 37.0 Å². The predicted octanol–water partition coefficient (Wildman–Crippen LogP) is 4.11. The molecule has 1 fully saturated rings. The molecule has 2 rings (SSSR count). The van der Waals surface area contributed by atoms with Gasteiger partial charge in [0.2, 0.25) is 0 Å². The number of carbonyl (C=O) groups is 2. The minimum Gasteiger partial charge on any atom is -0.456 e. The smallest absolute Gasteiger partial charge is 0.391 e. The van der Waals surface area contributed by atoms with E-state index in [0.717, 1.165) is 4.88 Å².